The highest BCUT2D eigenvalue weighted by atomic mass is 19.2. The molecule has 0 saturated carbocycles. The first-order valence-corrected chi connectivity index (χ1v) is 9.00. The molecule has 0 fully saturated rings. The van der Waals surface area contributed by atoms with E-state index in [1.165, 1.54) is 12.1 Å². The second-order valence-electron chi connectivity index (χ2n) is 6.67. The van der Waals surface area contributed by atoms with Gasteiger partial charge in [-0.1, -0.05) is 30.3 Å². The number of nitrogens with zero attached hydrogens (tertiary/aromatic N) is 1. The number of aromatic nitrogens is 1. The van der Waals surface area contributed by atoms with E-state index < -0.39 is 11.6 Å². The average Bonchev–Trinajstić information content (AvgIpc) is 3.14. The molecule has 0 saturated heterocycles. The summed E-state index contributed by atoms with van der Waals surface area (Å²) in [5.74, 6) is -1.50. The Bertz CT molecular complexity index is 1010. The number of halogens is 2. The van der Waals surface area contributed by atoms with Crippen LogP contribution < -0.4 is 10.1 Å². The molecule has 28 heavy (non-hydrogen) atoms. The predicted octanol–water partition coefficient (Wildman–Crippen LogP) is 3.69. The first-order chi connectivity index (χ1) is 13.6. The molecule has 1 N–H and O–H groups in total. The third-order valence-corrected chi connectivity index (χ3v) is 4.73. The van der Waals surface area contributed by atoms with Crippen molar-refractivity contribution in [1.82, 2.24) is 10.3 Å². The molecule has 6 heteroatoms. The molecule has 0 spiro atoms. The Hall–Kier alpha value is -3.28. The van der Waals surface area contributed by atoms with Crippen molar-refractivity contribution in [3.63, 3.8) is 0 Å². The molecular formula is C22H18F2N2O2. The lowest BCUT2D eigenvalue weighted by Crippen LogP contribution is -2.35. The Morgan fingerprint density at radius 2 is 1.89 bits per heavy atom. The van der Waals surface area contributed by atoms with E-state index in [0.717, 1.165) is 28.5 Å². The zero-order valence-corrected chi connectivity index (χ0v) is 15.0. The Balaban J connectivity index is 1.39. The fourth-order valence-electron chi connectivity index (χ4n) is 3.36. The second-order valence-corrected chi connectivity index (χ2v) is 6.67. The normalized spacial score (nSPS) is 15.0. The fraction of sp³-hybridized carbons (Fsp3) is 0.182. The van der Waals surface area contributed by atoms with Gasteiger partial charge in [-0.3, -0.25) is 9.78 Å². The van der Waals surface area contributed by atoms with Crippen LogP contribution in [0.2, 0.25) is 0 Å². The van der Waals surface area contributed by atoms with Crippen molar-refractivity contribution in [1.29, 1.82) is 0 Å². The summed E-state index contributed by atoms with van der Waals surface area (Å²) in [5.41, 5.74) is 3.10. The highest BCUT2D eigenvalue weighted by Gasteiger charge is 2.26. The van der Waals surface area contributed by atoms with E-state index in [2.05, 4.69) is 10.3 Å². The Morgan fingerprint density at radius 1 is 1.11 bits per heavy atom. The van der Waals surface area contributed by atoms with Gasteiger partial charge < -0.3 is 10.1 Å². The summed E-state index contributed by atoms with van der Waals surface area (Å²) in [4.78, 5) is 16.2. The number of rotatable bonds is 5. The molecule has 2 heterocycles. The number of para-hydroxylation sites is 1. The molecule has 142 valence electrons. The first-order valence-electron chi connectivity index (χ1n) is 9.00. The summed E-state index contributed by atoms with van der Waals surface area (Å²) in [6.07, 6.45) is 3.70. The van der Waals surface area contributed by atoms with E-state index >= 15 is 0 Å². The molecular weight excluding hydrogens is 362 g/mol. The molecule has 0 radical (unpaired) electrons. The standard InChI is InChI=1S/C22H18F2N2O2/c23-19-6-2-3-15(21(19)24)12-20(27)26-13-17-11-16-4-1-5-18(22(16)28-17)14-7-9-25-10-8-14/h1-10,17H,11-13H2,(H,26,27). The number of carbonyl (C=O) groups is 1. The topological polar surface area (TPSA) is 51.2 Å². The fourth-order valence-corrected chi connectivity index (χ4v) is 3.36. The number of hydrogen-bond donors (Lipinski definition) is 1. The van der Waals surface area contributed by atoms with Crippen LogP contribution in [-0.4, -0.2) is 23.5 Å². The van der Waals surface area contributed by atoms with Crippen LogP contribution in [0.25, 0.3) is 11.1 Å². The van der Waals surface area contributed by atoms with Crippen molar-refractivity contribution >= 4 is 5.91 Å². The van der Waals surface area contributed by atoms with E-state index in [9.17, 15) is 13.6 Å². The maximum Gasteiger partial charge on any atom is 0.224 e. The summed E-state index contributed by atoms with van der Waals surface area (Å²) in [7, 11) is 0. The van der Waals surface area contributed by atoms with Gasteiger partial charge in [-0.05, 0) is 29.3 Å². The molecule has 1 aromatic heterocycles. The van der Waals surface area contributed by atoms with Crippen molar-refractivity contribution in [3.05, 3.63) is 83.7 Å². The molecule has 1 unspecified atom stereocenters. The lowest BCUT2D eigenvalue weighted by Gasteiger charge is -2.14. The van der Waals surface area contributed by atoms with Gasteiger partial charge >= 0.3 is 0 Å². The maximum absolute atomic E-state index is 13.7. The number of amides is 1. The number of benzene rings is 2. The number of ether oxygens (including phenoxy) is 1. The van der Waals surface area contributed by atoms with Gasteiger partial charge in [-0.2, -0.15) is 0 Å². The minimum absolute atomic E-state index is 0.0353. The van der Waals surface area contributed by atoms with E-state index in [4.69, 9.17) is 4.74 Å². The van der Waals surface area contributed by atoms with Gasteiger partial charge in [0.2, 0.25) is 5.91 Å². The van der Waals surface area contributed by atoms with Crippen molar-refractivity contribution in [2.24, 2.45) is 0 Å². The van der Waals surface area contributed by atoms with E-state index in [-0.39, 0.29) is 24.0 Å². The van der Waals surface area contributed by atoms with Crippen LogP contribution in [0.1, 0.15) is 11.1 Å². The molecule has 2 aromatic carbocycles. The van der Waals surface area contributed by atoms with Gasteiger partial charge in [-0.15, -0.1) is 0 Å². The summed E-state index contributed by atoms with van der Waals surface area (Å²) < 4.78 is 33.0. The molecule has 0 bridgehead atoms. The lowest BCUT2D eigenvalue weighted by molar-refractivity contribution is -0.120. The van der Waals surface area contributed by atoms with Crippen LogP contribution in [-0.2, 0) is 17.6 Å². The molecule has 1 aliphatic heterocycles. The van der Waals surface area contributed by atoms with Gasteiger partial charge in [0.1, 0.15) is 11.9 Å². The average molecular weight is 380 g/mol. The van der Waals surface area contributed by atoms with Gasteiger partial charge in [0.05, 0.1) is 13.0 Å². The molecule has 1 atom stereocenters. The van der Waals surface area contributed by atoms with Gasteiger partial charge in [0, 0.05) is 29.9 Å². The molecule has 1 aliphatic rings. The van der Waals surface area contributed by atoms with Crippen molar-refractivity contribution < 1.29 is 18.3 Å². The minimum Gasteiger partial charge on any atom is -0.487 e. The summed E-state index contributed by atoms with van der Waals surface area (Å²) in [6, 6.07) is 13.6. The number of carbonyl (C=O) groups excluding carboxylic acids is 1. The lowest BCUT2D eigenvalue weighted by atomic mass is 10.0. The molecule has 3 aromatic rings. The maximum atomic E-state index is 13.7. The zero-order valence-electron chi connectivity index (χ0n) is 15.0. The summed E-state index contributed by atoms with van der Waals surface area (Å²) in [6.45, 7) is 0.292. The highest BCUT2D eigenvalue weighted by Crippen LogP contribution is 2.38. The SMILES string of the molecule is O=C(Cc1cccc(F)c1F)NCC1Cc2cccc(-c3ccncc3)c2O1. The number of fused-ring (bicyclic) bond motifs is 1. The second kappa shape index (κ2) is 7.76. The Morgan fingerprint density at radius 3 is 2.71 bits per heavy atom. The molecule has 4 nitrogen and oxygen atoms in total. The van der Waals surface area contributed by atoms with Crippen molar-refractivity contribution in [3.8, 4) is 16.9 Å². The minimum atomic E-state index is -0.982. The largest absolute Gasteiger partial charge is 0.487 e. The third-order valence-electron chi connectivity index (χ3n) is 4.73. The van der Waals surface area contributed by atoms with Gasteiger partial charge in [-0.25, -0.2) is 8.78 Å². The van der Waals surface area contributed by atoms with Crippen LogP contribution in [0.3, 0.4) is 0 Å². The molecule has 0 aliphatic carbocycles. The summed E-state index contributed by atoms with van der Waals surface area (Å²) in [5, 5.41) is 2.75. The van der Waals surface area contributed by atoms with Crippen LogP contribution in [0.15, 0.2) is 60.9 Å². The molecule has 4 rings (SSSR count). The Kier molecular flexibility index (Phi) is 5.02. The van der Waals surface area contributed by atoms with E-state index in [0.29, 0.717) is 13.0 Å². The smallest absolute Gasteiger partial charge is 0.224 e. The zero-order chi connectivity index (χ0) is 19.5. The van der Waals surface area contributed by atoms with Crippen LogP contribution in [0.4, 0.5) is 8.78 Å². The van der Waals surface area contributed by atoms with Crippen LogP contribution >= 0.6 is 0 Å². The van der Waals surface area contributed by atoms with Crippen molar-refractivity contribution in [2.45, 2.75) is 18.9 Å². The van der Waals surface area contributed by atoms with Crippen molar-refractivity contribution in [2.75, 3.05) is 6.54 Å². The first kappa shape index (κ1) is 18.1. The summed E-state index contributed by atoms with van der Waals surface area (Å²) >= 11 is 0. The predicted molar refractivity (Wildman–Crippen MR) is 101 cm³/mol. The molecule has 1 amide bonds. The Labute approximate surface area is 161 Å². The van der Waals surface area contributed by atoms with E-state index in [1.54, 1.807) is 12.4 Å². The van der Waals surface area contributed by atoms with Gasteiger partial charge in [0.25, 0.3) is 0 Å². The number of hydrogen-bond acceptors (Lipinski definition) is 3. The van der Waals surface area contributed by atoms with E-state index in [1.807, 2.05) is 30.3 Å². The third kappa shape index (κ3) is 3.71. The van der Waals surface area contributed by atoms with Crippen LogP contribution in [0, 0.1) is 11.6 Å². The number of pyridine rings is 1. The van der Waals surface area contributed by atoms with Crippen LogP contribution in [0.5, 0.6) is 5.75 Å². The monoisotopic (exact) mass is 380 g/mol. The number of nitrogens with one attached hydrogen (secondary N) is 1. The van der Waals surface area contributed by atoms with Gasteiger partial charge in [0.15, 0.2) is 11.6 Å². The quantitative estimate of drug-likeness (QED) is 0.735. The highest BCUT2D eigenvalue weighted by molar-refractivity contribution is 5.78.